The van der Waals surface area contributed by atoms with Crippen molar-refractivity contribution in [2.75, 3.05) is 11.9 Å². The lowest BCUT2D eigenvalue weighted by Crippen LogP contribution is -2.17. The minimum atomic E-state index is -0.677. The highest BCUT2D eigenvalue weighted by Gasteiger charge is 2.19. The van der Waals surface area contributed by atoms with Gasteiger partial charge in [-0.3, -0.25) is 4.79 Å². The van der Waals surface area contributed by atoms with Crippen molar-refractivity contribution in [1.29, 1.82) is 0 Å². The average molecular weight is 470 g/mol. The topological polar surface area (TPSA) is 113 Å². The Balaban J connectivity index is 1.45. The zero-order valence-electron chi connectivity index (χ0n) is 16.6. The molecule has 3 heterocycles. The Labute approximate surface area is 192 Å². The first kappa shape index (κ1) is 20.5. The van der Waals surface area contributed by atoms with E-state index in [4.69, 9.17) is 33.7 Å². The summed E-state index contributed by atoms with van der Waals surface area (Å²) in [4.78, 5) is 12.0. The van der Waals surface area contributed by atoms with Crippen molar-refractivity contribution in [3.05, 3.63) is 70.2 Å². The van der Waals surface area contributed by atoms with Crippen LogP contribution in [-0.4, -0.2) is 37.1 Å². The first-order chi connectivity index (χ1) is 15.5. The molecule has 0 atom stereocenters. The van der Waals surface area contributed by atoms with Gasteiger partial charge in [-0.05, 0) is 36.4 Å². The van der Waals surface area contributed by atoms with Crippen LogP contribution in [-0.2, 0) is 17.9 Å². The molecule has 3 N–H and O–H groups in total. The van der Waals surface area contributed by atoms with Crippen LogP contribution < -0.4 is 11.1 Å². The number of hydrogen-bond donors (Lipinski definition) is 2. The summed E-state index contributed by atoms with van der Waals surface area (Å²) >= 11 is 12.6. The smallest absolute Gasteiger partial charge is 0.271 e. The SMILES string of the molecule is NC(=O)c1nn(-c2c(Cl)cccc2Cl)cc1Nc1ccc(-c2nnc3n2CCOC3)cc1. The second kappa shape index (κ2) is 8.27. The quantitative estimate of drug-likeness (QED) is 0.459. The van der Waals surface area contributed by atoms with Gasteiger partial charge in [-0.1, -0.05) is 29.3 Å². The van der Waals surface area contributed by atoms with Crippen LogP contribution in [0.2, 0.25) is 10.0 Å². The highest BCUT2D eigenvalue weighted by atomic mass is 35.5. The summed E-state index contributed by atoms with van der Waals surface area (Å²) in [6.07, 6.45) is 1.62. The molecule has 162 valence electrons. The molecule has 32 heavy (non-hydrogen) atoms. The molecule has 1 aliphatic heterocycles. The zero-order chi connectivity index (χ0) is 22.2. The first-order valence-corrected chi connectivity index (χ1v) is 10.5. The summed E-state index contributed by atoms with van der Waals surface area (Å²) in [5, 5.41) is 16.7. The Bertz CT molecular complexity index is 1290. The molecule has 0 saturated carbocycles. The van der Waals surface area contributed by atoms with E-state index in [1.54, 1.807) is 24.4 Å². The monoisotopic (exact) mass is 469 g/mol. The lowest BCUT2D eigenvalue weighted by molar-refractivity contribution is 0.0821. The predicted octanol–water partition coefficient (Wildman–Crippen LogP) is 3.81. The number of primary amides is 1. The molecule has 0 aliphatic carbocycles. The van der Waals surface area contributed by atoms with Crippen molar-refractivity contribution in [2.45, 2.75) is 13.2 Å². The van der Waals surface area contributed by atoms with Crippen LogP contribution in [0.3, 0.4) is 0 Å². The molecule has 11 heteroatoms. The largest absolute Gasteiger partial charge is 0.372 e. The molecule has 9 nitrogen and oxygen atoms in total. The van der Waals surface area contributed by atoms with E-state index in [0.717, 1.165) is 22.9 Å². The van der Waals surface area contributed by atoms with Crippen molar-refractivity contribution in [3.63, 3.8) is 0 Å². The van der Waals surface area contributed by atoms with Gasteiger partial charge in [0, 0.05) is 17.8 Å². The third kappa shape index (κ3) is 3.70. The molecule has 0 bridgehead atoms. The van der Waals surface area contributed by atoms with Crippen molar-refractivity contribution < 1.29 is 9.53 Å². The molecular formula is C21H17Cl2N7O2. The summed E-state index contributed by atoms with van der Waals surface area (Å²) in [5.41, 5.74) is 8.16. The molecule has 0 unspecified atom stereocenters. The minimum Gasteiger partial charge on any atom is -0.372 e. The van der Waals surface area contributed by atoms with Gasteiger partial charge in [0.1, 0.15) is 12.3 Å². The second-order valence-electron chi connectivity index (χ2n) is 7.12. The number of ether oxygens (including phenoxy) is 1. The number of carbonyl (C=O) groups excluding carboxylic acids is 1. The van der Waals surface area contributed by atoms with Crippen LogP contribution in [0.5, 0.6) is 0 Å². The van der Waals surface area contributed by atoms with Crippen LogP contribution in [0, 0.1) is 0 Å². The molecule has 4 aromatic rings. The molecule has 0 saturated heterocycles. The molecule has 0 radical (unpaired) electrons. The van der Waals surface area contributed by atoms with Gasteiger partial charge in [0.05, 0.1) is 28.5 Å². The van der Waals surface area contributed by atoms with Gasteiger partial charge in [-0.25, -0.2) is 4.68 Å². The second-order valence-corrected chi connectivity index (χ2v) is 7.93. The van der Waals surface area contributed by atoms with Gasteiger partial charge >= 0.3 is 0 Å². The van der Waals surface area contributed by atoms with E-state index < -0.39 is 5.91 Å². The zero-order valence-corrected chi connectivity index (χ0v) is 18.1. The first-order valence-electron chi connectivity index (χ1n) is 9.72. The molecule has 5 rings (SSSR count). The van der Waals surface area contributed by atoms with E-state index >= 15 is 0 Å². The number of nitrogens with zero attached hydrogens (tertiary/aromatic N) is 5. The van der Waals surface area contributed by atoms with Crippen LogP contribution in [0.4, 0.5) is 11.4 Å². The Morgan fingerprint density at radius 2 is 1.84 bits per heavy atom. The van der Waals surface area contributed by atoms with Crippen LogP contribution in [0.15, 0.2) is 48.7 Å². The molecular weight excluding hydrogens is 453 g/mol. The number of nitrogens with two attached hydrogens (primary N) is 1. The normalized spacial score (nSPS) is 13.1. The standard InChI is InChI=1S/C21H17Cl2N7O2/c22-14-2-1-3-15(23)19(14)30-10-16(18(28-30)20(24)31)25-13-6-4-12(5-7-13)21-27-26-17-11-32-9-8-29(17)21/h1-7,10,25H,8-9,11H2,(H2,24,31). The van der Waals surface area contributed by atoms with Crippen molar-refractivity contribution >= 4 is 40.5 Å². The lowest BCUT2D eigenvalue weighted by atomic mass is 10.2. The third-order valence-electron chi connectivity index (χ3n) is 5.05. The fourth-order valence-corrected chi connectivity index (χ4v) is 4.11. The maximum atomic E-state index is 12.0. The average Bonchev–Trinajstić information content (AvgIpc) is 3.39. The highest BCUT2D eigenvalue weighted by Crippen LogP contribution is 2.31. The number of rotatable bonds is 5. The molecule has 1 aliphatic rings. The summed E-state index contributed by atoms with van der Waals surface area (Å²) in [7, 11) is 0. The Kier molecular flexibility index (Phi) is 5.30. The molecule has 0 fully saturated rings. The Hall–Kier alpha value is -3.40. The van der Waals surface area contributed by atoms with Crippen LogP contribution >= 0.6 is 23.2 Å². The van der Waals surface area contributed by atoms with Gasteiger partial charge in [0.2, 0.25) is 0 Å². The third-order valence-corrected chi connectivity index (χ3v) is 5.66. The molecule has 2 aromatic heterocycles. The van der Waals surface area contributed by atoms with Crippen molar-refractivity contribution in [1.82, 2.24) is 24.5 Å². The van der Waals surface area contributed by atoms with E-state index in [2.05, 4.69) is 25.2 Å². The number of benzene rings is 2. The number of hydrogen-bond acceptors (Lipinski definition) is 6. The van der Waals surface area contributed by atoms with E-state index in [0.29, 0.717) is 41.2 Å². The highest BCUT2D eigenvalue weighted by molar-refractivity contribution is 6.37. The van der Waals surface area contributed by atoms with E-state index in [9.17, 15) is 4.79 Å². The van der Waals surface area contributed by atoms with Gasteiger partial charge in [-0.2, -0.15) is 5.10 Å². The van der Waals surface area contributed by atoms with Gasteiger partial charge in [-0.15, -0.1) is 10.2 Å². The summed E-state index contributed by atoms with van der Waals surface area (Å²) in [5.74, 6) is 0.919. The Morgan fingerprint density at radius 1 is 1.09 bits per heavy atom. The minimum absolute atomic E-state index is 0.0663. The maximum Gasteiger partial charge on any atom is 0.271 e. The molecule has 0 spiro atoms. The van der Waals surface area contributed by atoms with Crippen LogP contribution in [0.25, 0.3) is 17.1 Å². The maximum absolute atomic E-state index is 12.0. The number of halogens is 2. The number of aromatic nitrogens is 5. The number of carbonyl (C=O) groups is 1. The summed E-state index contributed by atoms with van der Waals surface area (Å²) < 4.78 is 8.90. The predicted molar refractivity (Wildman–Crippen MR) is 120 cm³/mol. The fraction of sp³-hybridized carbons (Fsp3) is 0.143. The summed E-state index contributed by atoms with van der Waals surface area (Å²) in [6.45, 7) is 1.80. The number of amides is 1. The van der Waals surface area contributed by atoms with Crippen LogP contribution in [0.1, 0.15) is 16.3 Å². The van der Waals surface area contributed by atoms with Crippen molar-refractivity contribution in [2.24, 2.45) is 5.73 Å². The number of anilines is 2. The van der Waals surface area contributed by atoms with Gasteiger partial charge in [0.25, 0.3) is 5.91 Å². The number of para-hydroxylation sites is 1. The number of fused-ring (bicyclic) bond motifs is 1. The van der Waals surface area contributed by atoms with E-state index in [-0.39, 0.29) is 5.69 Å². The lowest BCUT2D eigenvalue weighted by Gasteiger charge is -2.15. The van der Waals surface area contributed by atoms with Gasteiger partial charge < -0.3 is 20.4 Å². The summed E-state index contributed by atoms with van der Waals surface area (Å²) in [6, 6.07) is 12.7. The van der Waals surface area contributed by atoms with E-state index in [1.807, 2.05) is 24.3 Å². The molecule has 2 aromatic carbocycles. The number of nitrogens with one attached hydrogen (secondary N) is 1. The van der Waals surface area contributed by atoms with Gasteiger partial charge in [0.15, 0.2) is 17.3 Å². The van der Waals surface area contributed by atoms with Crippen molar-refractivity contribution in [3.8, 4) is 17.1 Å². The fourth-order valence-electron chi connectivity index (χ4n) is 3.54. The van der Waals surface area contributed by atoms with E-state index in [1.165, 1.54) is 4.68 Å². The molecule has 1 amide bonds. The Morgan fingerprint density at radius 3 is 2.56 bits per heavy atom.